The van der Waals surface area contributed by atoms with Crippen molar-refractivity contribution in [2.24, 2.45) is 0 Å². The molecule has 0 unspecified atom stereocenters. The minimum absolute atomic E-state index is 1.27. The van der Waals surface area contributed by atoms with Gasteiger partial charge in [0.05, 0.1) is 0 Å². The topological polar surface area (TPSA) is 0 Å². The average Bonchev–Trinajstić information content (AvgIpc) is 2.29. The lowest BCUT2D eigenvalue weighted by Gasteiger charge is -2.17. The van der Waals surface area contributed by atoms with Gasteiger partial charge in [0.15, 0.2) is 0 Å². The van der Waals surface area contributed by atoms with Crippen molar-refractivity contribution < 1.29 is 0 Å². The van der Waals surface area contributed by atoms with Crippen LogP contribution in [0.5, 0.6) is 0 Å². The lowest BCUT2D eigenvalue weighted by molar-refractivity contribution is 0.678. The minimum Gasteiger partial charge on any atom is -0.0877 e. The maximum Gasteiger partial charge on any atom is -0.0276 e. The Hall–Kier alpha value is -0.780. The van der Waals surface area contributed by atoms with Crippen molar-refractivity contribution in [2.75, 3.05) is 0 Å². The molecule has 1 saturated carbocycles. The highest BCUT2D eigenvalue weighted by Crippen LogP contribution is 2.28. The van der Waals surface area contributed by atoms with E-state index in [-0.39, 0.29) is 0 Å². The normalized spacial score (nSPS) is 22.6. The van der Waals surface area contributed by atoms with Crippen molar-refractivity contribution in [3.63, 3.8) is 0 Å². The van der Waals surface area contributed by atoms with Crippen molar-refractivity contribution in [2.45, 2.75) is 53.4 Å². The highest BCUT2D eigenvalue weighted by Gasteiger charge is 2.08. The van der Waals surface area contributed by atoms with Crippen LogP contribution in [-0.2, 0) is 0 Å². The second-order valence-electron chi connectivity index (χ2n) is 3.24. The molecule has 0 amide bonds. The quantitative estimate of drug-likeness (QED) is 0.546. The molecule has 0 spiro atoms. The van der Waals surface area contributed by atoms with E-state index in [0.29, 0.717) is 0 Å². The van der Waals surface area contributed by atoms with Crippen LogP contribution in [0.15, 0.2) is 35.5 Å². The van der Waals surface area contributed by atoms with E-state index in [4.69, 9.17) is 0 Å². The Morgan fingerprint density at radius 2 is 1.50 bits per heavy atom. The van der Waals surface area contributed by atoms with Crippen LogP contribution >= 0.6 is 0 Å². The van der Waals surface area contributed by atoms with Crippen LogP contribution < -0.4 is 0 Å². The molecule has 0 aromatic carbocycles. The summed E-state index contributed by atoms with van der Waals surface area (Å²) in [5.74, 6) is 0. The summed E-state index contributed by atoms with van der Waals surface area (Å²) in [5, 5.41) is 0. The van der Waals surface area contributed by atoms with Gasteiger partial charge in [-0.15, -0.1) is 0 Å². The van der Waals surface area contributed by atoms with Gasteiger partial charge in [0.1, 0.15) is 0 Å². The highest BCUT2D eigenvalue weighted by molar-refractivity contribution is 5.34. The molecule has 0 heterocycles. The van der Waals surface area contributed by atoms with Crippen LogP contribution in [-0.4, -0.2) is 0 Å². The van der Waals surface area contributed by atoms with E-state index in [0.717, 1.165) is 0 Å². The summed E-state index contributed by atoms with van der Waals surface area (Å²) in [7, 11) is 0. The fraction of sp³-hybridized carbons (Fsp3) is 0.571. The molecule has 0 N–H and O–H groups in total. The fourth-order valence-electron chi connectivity index (χ4n) is 1.68. The molecular formula is C14H24. The lowest BCUT2D eigenvalue weighted by atomic mass is 9.89. The van der Waals surface area contributed by atoms with Crippen molar-refractivity contribution in [1.29, 1.82) is 0 Å². The van der Waals surface area contributed by atoms with Gasteiger partial charge >= 0.3 is 0 Å². The number of hydrogen-bond acceptors (Lipinski definition) is 0. The Morgan fingerprint density at radius 1 is 0.929 bits per heavy atom. The van der Waals surface area contributed by atoms with Crippen molar-refractivity contribution in [3.05, 3.63) is 35.5 Å². The second kappa shape index (κ2) is 8.80. The van der Waals surface area contributed by atoms with Gasteiger partial charge in [0.2, 0.25) is 0 Å². The van der Waals surface area contributed by atoms with Gasteiger partial charge in [-0.05, 0) is 50.7 Å². The van der Waals surface area contributed by atoms with E-state index in [1.165, 1.54) is 25.7 Å². The van der Waals surface area contributed by atoms with E-state index in [2.05, 4.69) is 38.2 Å². The van der Waals surface area contributed by atoms with E-state index >= 15 is 0 Å². The van der Waals surface area contributed by atoms with Crippen LogP contribution in [0.1, 0.15) is 53.4 Å². The van der Waals surface area contributed by atoms with Gasteiger partial charge < -0.3 is 0 Å². The summed E-state index contributed by atoms with van der Waals surface area (Å²) in [6.07, 6.45) is 14.0. The maximum atomic E-state index is 2.26. The predicted octanol–water partition coefficient (Wildman–Crippen LogP) is 5.04. The van der Waals surface area contributed by atoms with Crippen molar-refractivity contribution in [3.8, 4) is 0 Å². The lowest BCUT2D eigenvalue weighted by Crippen LogP contribution is -1.97. The first-order chi connectivity index (χ1) is 6.88. The summed E-state index contributed by atoms with van der Waals surface area (Å²) < 4.78 is 0. The molecule has 0 aliphatic heterocycles. The summed E-state index contributed by atoms with van der Waals surface area (Å²) in [6.45, 7) is 8.21. The van der Waals surface area contributed by atoms with Gasteiger partial charge in [-0.3, -0.25) is 0 Å². The zero-order valence-corrected chi connectivity index (χ0v) is 10.1. The van der Waals surface area contributed by atoms with Crippen LogP contribution in [0.3, 0.4) is 0 Å². The van der Waals surface area contributed by atoms with Crippen LogP contribution in [0.4, 0.5) is 0 Å². The van der Waals surface area contributed by atoms with Crippen LogP contribution in [0.25, 0.3) is 0 Å². The Kier molecular flexibility index (Phi) is 8.31. The Labute approximate surface area is 89.4 Å². The highest BCUT2D eigenvalue weighted by atomic mass is 14.1. The molecule has 1 rings (SSSR count). The molecular weight excluding hydrogens is 168 g/mol. The molecule has 0 bridgehead atoms. The molecule has 0 aromatic rings. The largest absolute Gasteiger partial charge is 0.0877 e. The van der Waals surface area contributed by atoms with Crippen LogP contribution in [0.2, 0.25) is 0 Å². The second-order valence-corrected chi connectivity index (χ2v) is 3.24. The molecule has 1 aliphatic carbocycles. The summed E-state index contributed by atoms with van der Waals surface area (Å²) in [5.41, 5.74) is 3.10. The molecule has 0 saturated heterocycles. The van der Waals surface area contributed by atoms with E-state index < -0.39 is 0 Å². The Balaban J connectivity index is 0.000000791. The summed E-state index contributed by atoms with van der Waals surface area (Å²) >= 11 is 0. The number of hydrogen-bond donors (Lipinski definition) is 0. The Bertz CT molecular complexity index is 216. The first-order valence-corrected chi connectivity index (χ1v) is 5.86. The molecule has 1 aliphatic rings. The monoisotopic (exact) mass is 192 g/mol. The smallest absolute Gasteiger partial charge is 0.0276 e. The average molecular weight is 192 g/mol. The maximum absolute atomic E-state index is 2.26. The zero-order valence-electron chi connectivity index (χ0n) is 10.1. The van der Waals surface area contributed by atoms with Gasteiger partial charge in [0.25, 0.3) is 0 Å². The molecule has 0 atom stereocenters. The van der Waals surface area contributed by atoms with E-state index in [1.54, 1.807) is 11.1 Å². The third-order valence-corrected chi connectivity index (χ3v) is 2.39. The third kappa shape index (κ3) is 4.45. The van der Waals surface area contributed by atoms with E-state index in [1.807, 2.05) is 13.8 Å². The number of rotatable bonds is 1. The first kappa shape index (κ1) is 13.2. The molecule has 1 fully saturated rings. The van der Waals surface area contributed by atoms with Crippen molar-refractivity contribution in [1.82, 2.24) is 0 Å². The molecule has 80 valence electrons. The summed E-state index contributed by atoms with van der Waals surface area (Å²) in [6, 6.07) is 0. The molecule has 0 aromatic heterocycles. The van der Waals surface area contributed by atoms with Crippen molar-refractivity contribution >= 4 is 0 Å². The summed E-state index contributed by atoms with van der Waals surface area (Å²) in [4.78, 5) is 0. The zero-order chi connectivity index (χ0) is 10.8. The number of allylic oxidation sites excluding steroid dienone is 6. The van der Waals surface area contributed by atoms with Gasteiger partial charge in [-0.1, -0.05) is 38.2 Å². The first-order valence-electron chi connectivity index (χ1n) is 5.86. The minimum atomic E-state index is 1.27. The van der Waals surface area contributed by atoms with Gasteiger partial charge in [-0.25, -0.2) is 0 Å². The third-order valence-electron chi connectivity index (χ3n) is 2.39. The molecule has 0 radical (unpaired) electrons. The SMILES string of the molecule is CC.C\C=C/C=C1/CCCC/C1=C/C. The van der Waals surface area contributed by atoms with Gasteiger partial charge in [0, 0.05) is 0 Å². The Morgan fingerprint density at radius 3 is 2.00 bits per heavy atom. The van der Waals surface area contributed by atoms with Gasteiger partial charge in [-0.2, -0.15) is 0 Å². The molecule has 0 heteroatoms. The molecule has 0 nitrogen and oxygen atoms in total. The standard InChI is InChI=1S/C12H18.C2H6/c1-3-5-8-12-10-7-6-9-11(12)4-2;1-2/h3-5,8H,6-7,9-10H2,1-2H3;1-2H3/b5-3-,11-4-,12-8-;. The molecule has 14 heavy (non-hydrogen) atoms. The fourth-order valence-corrected chi connectivity index (χ4v) is 1.68. The van der Waals surface area contributed by atoms with Crippen LogP contribution in [0, 0.1) is 0 Å². The predicted molar refractivity (Wildman–Crippen MR) is 66.5 cm³/mol. The van der Waals surface area contributed by atoms with E-state index in [9.17, 15) is 0 Å².